The van der Waals surface area contributed by atoms with Gasteiger partial charge < -0.3 is 19.9 Å². The van der Waals surface area contributed by atoms with E-state index in [9.17, 15) is 18.8 Å². The number of halogens is 1. The summed E-state index contributed by atoms with van der Waals surface area (Å²) in [7, 11) is 1.49. The molecule has 1 saturated heterocycles. The third-order valence-corrected chi connectivity index (χ3v) is 7.79. The van der Waals surface area contributed by atoms with Crippen LogP contribution in [-0.4, -0.2) is 57.2 Å². The van der Waals surface area contributed by atoms with E-state index >= 15 is 0 Å². The van der Waals surface area contributed by atoms with Gasteiger partial charge in [-0.3, -0.25) is 14.4 Å². The predicted molar refractivity (Wildman–Crippen MR) is 147 cm³/mol. The summed E-state index contributed by atoms with van der Waals surface area (Å²) >= 11 is 0. The van der Waals surface area contributed by atoms with Gasteiger partial charge in [-0.15, -0.1) is 0 Å². The van der Waals surface area contributed by atoms with E-state index in [4.69, 9.17) is 9.84 Å². The number of hydrogen-bond acceptors (Lipinski definition) is 5. The van der Waals surface area contributed by atoms with E-state index in [0.717, 1.165) is 29.8 Å². The zero-order valence-electron chi connectivity index (χ0n) is 23.8. The number of methoxy groups -OCH3 is 1. The maximum atomic E-state index is 14.2. The Bertz CT molecular complexity index is 1460. The lowest BCUT2D eigenvalue weighted by molar-refractivity contribution is -0.143. The Hall–Kier alpha value is -3.69. The van der Waals surface area contributed by atoms with Crippen molar-refractivity contribution >= 4 is 17.3 Å². The van der Waals surface area contributed by atoms with Crippen molar-refractivity contribution in [1.82, 2.24) is 24.8 Å². The minimum atomic E-state index is -1.88. The lowest BCUT2D eigenvalue weighted by Crippen LogP contribution is -2.47. The van der Waals surface area contributed by atoms with Crippen LogP contribution in [0.25, 0.3) is 5.52 Å². The molecule has 0 radical (unpaired) electrons. The number of rotatable bonds is 7. The molecule has 3 aromatic rings. The number of nitrogens with zero attached hydrogens (tertiary/aromatic N) is 3. The van der Waals surface area contributed by atoms with Crippen LogP contribution in [0.15, 0.2) is 23.0 Å². The van der Waals surface area contributed by atoms with Crippen LogP contribution in [0, 0.1) is 26.7 Å². The molecule has 210 valence electrons. The highest BCUT2D eigenvalue weighted by molar-refractivity contribution is 6.03. The summed E-state index contributed by atoms with van der Waals surface area (Å²) in [6.45, 7) is 11.3. The highest BCUT2D eigenvalue weighted by atomic mass is 19.1. The molecule has 4 rings (SSSR count). The van der Waals surface area contributed by atoms with Crippen LogP contribution in [-0.2, 0) is 11.3 Å². The van der Waals surface area contributed by atoms with E-state index in [1.54, 1.807) is 17.9 Å². The van der Waals surface area contributed by atoms with Crippen molar-refractivity contribution in [3.63, 3.8) is 0 Å². The normalized spacial score (nSPS) is 15.4. The zero-order valence-corrected chi connectivity index (χ0v) is 23.8. The number of aromatic amines is 1. The van der Waals surface area contributed by atoms with Crippen LogP contribution in [0.3, 0.4) is 0 Å². The molecule has 2 amide bonds. The molecule has 10 heteroatoms. The number of carbonyl (C=O) groups excluding carboxylic acids is 2. The van der Waals surface area contributed by atoms with Gasteiger partial charge in [-0.2, -0.15) is 5.10 Å². The number of aryl methyl sites for hydroxylation is 2. The van der Waals surface area contributed by atoms with Gasteiger partial charge in [0, 0.05) is 30.4 Å². The Morgan fingerprint density at radius 2 is 1.90 bits per heavy atom. The van der Waals surface area contributed by atoms with Crippen LogP contribution in [0.2, 0.25) is 0 Å². The molecule has 1 aliphatic heterocycles. The van der Waals surface area contributed by atoms with E-state index < -0.39 is 11.6 Å². The Labute approximate surface area is 227 Å². The Morgan fingerprint density at radius 1 is 1.23 bits per heavy atom. The number of amides is 2. The molecule has 0 bridgehead atoms. The number of alkyl halides is 1. The van der Waals surface area contributed by atoms with E-state index in [0.29, 0.717) is 41.2 Å². The molecule has 39 heavy (non-hydrogen) atoms. The molecule has 1 fully saturated rings. The number of likely N-dealkylation sites (tertiary alicyclic amines) is 1. The second kappa shape index (κ2) is 10.8. The van der Waals surface area contributed by atoms with E-state index in [2.05, 4.69) is 17.2 Å². The lowest BCUT2D eigenvalue weighted by atomic mass is 9.82. The molecule has 9 nitrogen and oxygen atoms in total. The lowest BCUT2D eigenvalue weighted by Gasteiger charge is -2.36. The Balaban J connectivity index is 1.62. The number of ether oxygens (including phenoxy) is 1. The Morgan fingerprint density at radius 3 is 2.51 bits per heavy atom. The van der Waals surface area contributed by atoms with Crippen molar-refractivity contribution in [2.45, 2.75) is 72.5 Å². The molecule has 0 saturated carbocycles. The predicted octanol–water partition coefficient (Wildman–Crippen LogP) is 3.98. The Kier molecular flexibility index (Phi) is 7.86. The number of piperidine rings is 1. The third-order valence-electron chi connectivity index (χ3n) is 7.79. The molecule has 0 aliphatic carbocycles. The maximum absolute atomic E-state index is 14.2. The van der Waals surface area contributed by atoms with Crippen LogP contribution >= 0.6 is 0 Å². The van der Waals surface area contributed by atoms with Crippen molar-refractivity contribution in [3.8, 4) is 5.75 Å². The first-order valence-corrected chi connectivity index (χ1v) is 13.4. The van der Waals surface area contributed by atoms with E-state index in [1.165, 1.54) is 21.0 Å². The van der Waals surface area contributed by atoms with Crippen molar-refractivity contribution in [2.75, 3.05) is 20.2 Å². The van der Waals surface area contributed by atoms with Gasteiger partial charge in [-0.05, 0) is 77.1 Å². The topological polar surface area (TPSA) is 109 Å². The quantitative estimate of drug-likeness (QED) is 0.472. The average molecular weight is 540 g/mol. The molecule has 0 aromatic carbocycles. The van der Waals surface area contributed by atoms with Crippen LogP contribution in [0.1, 0.15) is 78.1 Å². The molecule has 1 unspecified atom stereocenters. The van der Waals surface area contributed by atoms with Crippen molar-refractivity contribution in [1.29, 1.82) is 0 Å². The van der Waals surface area contributed by atoms with E-state index in [-0.39, 0.29) is 29.8 Å². The summed E-state index contributed by atoms with van der Waals surface area (Å²) < 4.78 is 21.4. The fourth-order valence-electron chi connectivity index (χ4n) is 5.68. The maximum Gasteiger partial charge on any atom is 0.259 e. The first-order valence-electron chi connectivity index (χ1n) is 13.4. The van der Waals surface area contributed by atoms with Gasteiger partial charge in [0.1, 0.15) is 5.75 Å². The van der Waals surface area contributed by atoms with Gasteiger partial charge in [-0.1, -0.05) is 6.92 Å². The summed E-state index contributed by atoms with van der Waals surface area (Å²) in [5, 5.41) is 7.65. The molecular formula is C29H38FN5O4. The highest BCUT2D eigenvalue weighted by Crippen LogP contribution is 2.37. The van der Waals surface area contributed by atoms with Gasteiger partial charge in [-0.25, -0.2) is 8.91 Å². The van der Waals surface area contributed by atoms with Gasteiger partial charge >= 0.3 is 0 Å². The minimum Gasteiger partial charge on any atom is -0.496 e. The van der Waals surface area contributed by atoms with Crippen molar-refractivity contribution in [3.05, 3.63) is 62.3 Å². The van der Waals surface area contributed by atoms with Gasteiger partial charge in [0.25, 0.3) is 17.4 Å². The number of aromatic nitrogens is 3. The van der Waals surface area contributed by atoms with E-state index in [1.807, 2.05) is 30.5 Å². The monoisotopic (exact) mass is 539 g/mol. The second-order valence-electron chi connectivity index (χ2n) is 11.1. The molecule has 1 aliphatic rings. The second-order valence-corrected chi connectivity index (χ2v) is 11.1. The van der Waals surface area contributed by atoms with Crippen molar-refractivity contribution in [2.24, 2.45) is 5.92 Å². The molecular weight excluding hydrogens is 501 g/mol. The summed E-state index contributed by atoms with van der Waals surface area (Å²) in [5.74, 6) is -0.0753. The molecule has 3 aromatic heterocycles. The standard InChI is InChI=1S/C29H38FN5O4/c1-16-8-9-22-24(27(37)31-15-21-23(39-7)14-17(2)32-26(21)36)19(4)25(35(22)33-16)18(3)20-10-12-34(13-11-20)28(38)29(5,6)30/h8-9,14,18,20H,10-13,15H2,1-7H3,(H,31,37)(H,32,36). The highest BCUT2D eigenvalue weighted by Gasteiger charge is 2.36. The summed E-state index contributed by atoms with van der Waals surface area (Å²) in [4.78, 5) is 42.9. The van der Waals surface area contributed by atoms with Gasteiger partial charge in [0.05, 0.1) is 36.0 Å². The summed E-state index contributed by atoms with van der Waals surface area (Å²) in [6.07, 6.45) is 1.47. The first-order chi connectivity index (χ1) is 18.3. The molecule has 1 atom stereocenters. The number of fused-ring (bicyclic) bond motifs is 1. The smallest absolute Gasteiger partial charge is 0.259 e. The molecule has 0 spiro atoms. The zero-order chi connectivity index (χ0) is 28.6. The number of hydrogen-bond donors (Lipinski definition) is 2. The average Bonchev–Trinajstić information content (AvgIpc) is 3.16. The van der Waals surface area contributed by atoms with Gasteiger partial charge in [0.2, 0.25) is 0 Å². The molecule has 4 heterocycles. The van der Waals surface area contributed by atoms with Crippen LogP contribution in [0.5, 0.6) is 5.75 Å². The minimum absolute atomic E-state index is 0.00991. The fourth-order valence-corrected chi connectivity index (χ4v) is 5.68. The number of carbonyl (C=O) groups is 2. The third kappa shape index (κ3) is 5.55. The largest absolute Gasteiger partial charge is 0.496 e. The van der Waals surface area contributed by atoms with Crippen LogP contribution in [0.4, 0.5) is 4.39 Å². The molecule has 2 N–H and O–H groups in total. The van der Waals surface area contributed by atoms with Gasteiger partial charge in [0.15, 0.2) is 5.67 Å². The van der Waals surface area contributed by atoms with Crippen LogP contribution < -0.4 is 15.6 Å². The summed E-state index contributed by atoms with van der Waals surface area (Å²) in [5.41, 5.74) is 2.61. The first kappa shape index (κ1) is 28.3. The number of nitrogens with one attached hydrogen (secondary N) is 2. The summed E-state index contributed by atoms with van der Waals surface area (Å²) in [6, 6.07) is 5.49. The van der Waals surface area contributed by atoms with Crippen molar-refractivity contribution < 1.29 is 18.7 Å². The number of pyridine rings is 1. The fraction of sp³-hybridized carbons (Fsp3) is 0.517. The SMILES string of the molecule is COc1cc(C)[nH]c(=O)c1CNC(=O)c1c(C)c(C(C)C2CCN(C(=O)C(C)(C)F)CC2)n2nc(C)ccc12. The number of H-pyrrole nitrogens is 1.